The summed E-state index contributed by atoms with van der Waals surface area (Å²) in [5.74, 6) is 2.06. The fourth-order valence-electron chi connectivity index (χ4n) is 2.90. The van der Waals surface area contributed by atoms with E-state index in [9.17, 15) is 0 Å². The molecule has 0 radical (unpaired) electrons. The van der Waals surface area contributed by atoms with Gasteiger partial charge in [0.15, 0.2) is 5.96 Å². The molecule has 0 unspecified atom stereocenters. The van der Waals surface area contributed by atoms with Crippen molar-refractivity contribution in [3.8, 4) is 11.4 Å². The second kappa shape index (κ2) is 8.22. The van der Waals surface area contributed by atoms with Crippen LogP contribution in [0.3, 0.4) is 0 Å². The Hall–Kier alpha value is -3.20. The summed E-state index contributed by atoms with van der Waals surface area (Å²) in [4.78, 5) is 21.4. The van der Waals surface area contributed by atoms with Gasteiger partial charge in [-0.1, -0.05) is 28.9 Å². The Morgan fingerprint density at radius 2 is 1.93 bits per heavy atom. The number of halogens is 1. The van der Waals surface area contributed by atoms with E-state index in [1.165, 1.54) is 0 Å². The van der Waals surface area contributed by atoms with Crippen LogP contribution in [0.2, 0.25) is 5.02 Å². The Morgan fingerprint density at radius 3 is 2.68 bits per heavy atom. The maximum atomic E-state index is 6.14. The maximum Gasteiger partial charge on any atom is 0.248 e. The molecule has 10 heteroatoms. The van der Waals surface area contributed by atoms with Crippen LogP contribution in [0.1, 0.15) is 5.89 Å². The number of nitrogens with two attached hydrogens (primary N) is 1. The SMILES string of the molecule is NC(=NCc1nc(-c2cccc(Cl)c2)no1)N1CCN(c2ncccn2)CC1. The molecule has 3 aromatic rings. The molecule has 0 spiro atoms. The molecule has 3 heterocycles. The van der Waals surface area contributed by atoms with Crippen molar-refractivity contribution < 1.29 is 4.52 Å². The molecule has 0 saturated carbocycles. The zero-order valence-corrected chi connectivity index (χ0v) is 15.8. The summed E-state index contributed by atoms with van der Waals surface area (Å²) in [6.45, 7) is 3.26. The first-order valence-electron chi connectivity index (χ1n) is 8.84. The van der Waals surface area contributed by atoms with Gasteiger partial charge in [-0.3, -0.25) is 0 Å². The third kappa shape index (κ3) is 4.20. The Bertz CT molecular complexity index is 953. The lowest BCUT2D eigenvalue weighted by Gasteiger charge is -2.35. The van der Waals surface area contributed by atoms with Gasteiger partial charge in [-0.25, -0.2) is 15.0 Å². The van der Waals surface area contributed by atoms with E-state index < -0.39 is 0 Å². The Morgan fingerprint density at radius 1 is 1.14 bits per heavy atom. The number of guanidine groups is 1. The summed E-state index contributed by atoms with van der Waals surface area (Å²) >= 11 is 6.00. The first-order valence-corrected chi connectivity index (χ1v) is 9.22. The lowest BCUT2D eigenvalue weighted by Crippen LogP contribution is -2.51. The third-order valence-corrected chi connectivity index (χ3v) is 4.60. The highest BCUT2D eigenvalue weighted by molar-refractivity contribution is 6.30. The van der Waals surface area contributed by atoms with E-state index in [1.807, 2.05) is 17.0 Å². The number of benzene rings is 1. The van der Waals surface area contributed by atoms with Crippen molar-refractivity contribution in [2.24, 2.45) is 10.7 Å². The minimum atomic E-state index is 0.224. The second-order valence-electron chi connectivity index (χ2n) is 6.22. The molecule has 9 nitrogen and oxygen atoms in total. The minimum absolute atomic E-state index is 0.224. The van der Waals surface area contributed by atoms with E-state index in [-0.39, 0.29) is 6.54 Å². The van der Waals surface area contributed by atoms with Crippen molar-refractivity contribution in [1.82, 2.24) is 25.0 Å². The van der Waals surface area contributed by atoms with E-state index >= 15 is 0 Å². The molecule has 0 bridgehead atoms. The normalized spacial score (nSPS) is 15.1. The molecule has 2 aromatic heterocycles. The summed E-state index contributed by atoms with van der Waals surface area (Å²) in [6, 6.07) is 9.09. The number of hydrogen-bond acceptors (Lipinski definition) is 7. The van der Waals surface area contributed by atoms with E-state index in [0.29, 0.717) is 22.7 Å². The fraction of sp³-hybridized carbons (Fsp3) is 0.278. The second-order valence-corrected chi connectivity index (χ2v) is 6.66. The summed E-state index contributed by atoms with van der Waals surface area (Å²) in [5, 5.41) is 4.59. The lowest BCUT2D eigenvalue weighted by atomic mass is 10.2. The molecule has 28 heavy (non-hydrogen) atoms. The molecule has 1 aliphatic rings. The van der Waals surface area contributed by atoms with Gasteiger partial charge in [0, 0.05) is 49.2 Å². The summed E-state index contributed by atoms with van der Waals surface area (Å²) in [7, 11) is 0. The molecule has 0 atom stereocenters. The van der Waals surface area contributed by atoms with Crippen molar-refractivity contribution in [3.05, 3.63) is 53.6 Å². The van der Waals surface area contributed by atoms with E-state index in [4.69, 9.17) is 21.9 Å². The predicted molar refractivity (Wildman–Crippen MR) is 106 cm³/mol. The van der Waals surface area contributed by atoms with Crippen LogP contribution in [0.25, 0.3) is 11.4 Å². The van der Waals surface area contributed by atoms with Gasteiger partial charge in [-0.15, -0.1) is 0 Å². The van der Waals surface area contributed by atoms with Gasteiger partial charge in [0.1, 0.15) is 6.54 Å². The standard InChI is InChI=1S/C18H19ClN8O/c19-14-4-1-3-13(11-14)16-24-15(28-25-16)12-23-17(20)26-7-9-27(10-8-26)18-21-5-2-6-22-18/h1-6,11H,7-10,12H2,(H2,20,23). The van der Waals surface area contributed by atoms with Gasteiger partial charge >= 0.3 is 0 Å². The van der Waals surface area contributed by atoms with Gasteiger partial charge in [-0.2, -0.15) is 4.98 Å². The Kier molecular flexibility index (Phi) is 5.34. The highest BCUT2D eigenvalue weighted by Gasteiger charge is 2.20. The zero-order valence-electron chi connectivity index (χ0n) is 15.1. The first-order chi connectivity index (χ1) is 13.7. The monoisotopic (exact) mass is 398 g/mol. The number of anilines is 1. The molecule has 144 valence electrons. The average Bonchev–Trinajstić information content (AvgIpc) is 3.22. The van der Waals surface area contributed by atoms with Gasteiger partial charge in [0.25, 0.3) is 0 Å². The highest BCUT2D eigenvalue weighted by Crippen LogP contribution is 2.20. The van der Waals surface area contributed by atoms with Crippen LogP contribution < -0.4 is 10.6 Å². The highest BCUT2D eigenvalue weighted by atomic mass is 35.5. The van der Waals surface area contributed by atoms with Gasteiger partial charge in [0.2, 0.25) is 17.7 Å². The van der Waals surface area contributed by atoms with Crippen LogP contribution in [0.15, 0.2) is 52.2 Å². The number of nitrogens with zero attached hydrogens (tertiary/aromatic N) is 7. The van der Waals surface area contributed by atoms with E-state index in [2.05, 4.69) is 30.0 Å². The molecular formula is C18H19ClN8O. The number of aliphatic imine (C=N–C) groups is 1. The molecular weight excluding hydrogens is 380 g/mol. The summed E-state index contributed by atoms with van der Waals surface area (Å²) in [6.07, 6.45) is 3.49. The van der Waals surface area contributed by atoms with Gasteiger partial charge < -0.3 is 20.1 Å². The van der Waals surface area contributed by atoms with Crippen molar-refractivity contribution in [3.63, 3.8) is 0 Å². The minimum Gasteiger partial charge on any atom is -0.370 e. The fourth-order valence-corrected chi connectivity index (χ4v) is 3.09. The van der Waals surface area contributed by atoms with Crippen LogP contribution in [0.4, 0.5) is 5.95 Å². The Balaban J connectivity index is 1.34. The molecule has 0 amide bonds. The number of aromatic nitrogens is 4. The summed E-state index contributed by atoms with van der Waals surface area (Å²) < 4.78 is 5.26. The molecule has 2 N–H and O–H groups in total. The van der Waals surface area contributed by atoms with Crippen LogP contribution in [-0.2, 0) is 6.54 Å². The molecule has 1 aliphatic heterocycles. The van der Waals surface area contributed by atoms with Gasteiger partial charge in [0.05, 0.1) is 0 Å². The number of piperazine rings is 1. The van der Waals surface area contributed by atoms with Crippen LogP contribution in [0.5, 0.6) is 0 Å². The average molecular weight is 399 g/mol. The molecule has 1 aromatic carbocycles. The van der Waals surface area contributed by atoms with Crippen molar-refractivity contribution in [1.29, 1.82) is 0 Å². The molecule has 1 fully saturated rings. The van der Waals surface area contributed by atoms with Crippen molar-refractivity contribution in [2.45, 2.75) is 6.54 Å². The third-order valence-electron chi connectivity index (χ3n) is 4.37. The smallest absolute Gasteiger partial charge is 0.248 e. The number of rotatable bonds is 4. The van der Waals surface area contributed by atoms with Crippen molar-refractivity contribution >= 4 is 23.5 Å². The summed E-state index contributed by atoms with van der Waals surface area (Å²) in [5.41, 5.74) is 6.93. The lowest BCUT2D eigenvalue weighted by molar-refractivity contribution is 0.368. The van der Waals surface area contributed by atoms with Gasteiger partial charge in [-0.05, 0) is 18.2 Å². The molecule has 4 rings (SSSR count). The molecule has 0 aliphatic carbocycles. The quantitative estimate of drug-likeness (QED) is 0.523. The number of hydrogen-bond donors (Lipinski definition) is 1. The topological polar surface area (TPSA) is 110 Å². The zero-order chi connectivity index (χ0) is 19.3. The largest absolute Gasteiger partial charge is 0.370 e. The van der Waals surface area contributed by atoms with Crippen LogP contribution in [0, 0.1) is 0 Å². The predicted octanol–water partition coefficient (Wildman–Crippen LogP) is 1.82. The van der Waals surface area contributed by atoms with E-state index in [0.717, 1.165) is 37.7 Å². The first kappa shape index (κ1) is 18.2. The van der Waals surface area contributed by atoms with E-state index in [1.54, 1.807) is 30.6 Å². The van der Waals surface area contributed by atoms with Crippen LogP contribution >= 0.6 is 11.6 Å². The Labute approximate surface area is 166 Å². The van der Waals surface area contributed by atoms with Crippen LogP contribution in [-0.4, -0.2) is 57.1 Å². The van der Waals surface area contributed by atoms with Crippen molar-refractivity contribution in [2.75, 3.05) is 31.1 Å². The maximum absolute atomic E-state index is 6.14. The molecule has 1 saturated heterocycles.